The SMILES string of the molecule is CC(=O)N[C@H]1[C@@H](OCc2ccccc2)O[C@@H]2C(O)C(c3ccccc3)[C@]2(O)[C@@H]1O. The summed E-state index contributed by atoms with van der Waals surface area (Å²) < 4.78 is 11.7. The number of aliphatic hydroxyl groups is 3. The molecule has 1 heterocycles. The quantitative estimate of drug-likeness (QED) is 0.589. The normalized spacial score (nSPS) is 36.0. The lowest BCUT2D eigenvalue weighted by Gasteiger charge is -2.62. The lowest BCUT2D eigenvalue weighted by Crippen LogP contribution is -2.82. The summed E-state index contributed by atoms with van der Waals surface area (Å²) in [5.41, 5.74) is -0.170. The van der Waals surface area contributed by atoms with Crippen molar-refractivity contribution >= 4 is 5.91 Å². The standard InChI is InChI=1S/C22H25NO6/c1-13(24)23-17-19(26)22(27)16(15-10-6-3-7-11-15)18(25)20(22)29-21(17)28-12-14-8-4-2-5-9-14/h2-11,16-21,25-27H,12H2,1H3,(H,23,24)/t16?,17-,18?,19-,20-,21+,22+/m1/s1. The van der Waals surface area contributed by atoms with Gasteiger partial charge in [-0.3, -0.25) is 4.79 Å². The van der Waals surface area contributed by atoms with E-state index >= 15 is 0 Å². The van der Waals surface area contributed by atoms with Gasteiger partial charge in [-0.15, -0.1) is 0 Å². The van der Waals surface area contributed by atoms with Gasteiger partial charge < -0.3 is 30.1 Å². The van der Waals surface area contributed by atoms with Gasteiger partial charge >= 0.3 is 0 Å². The zero-order chi connectivity index (χ0) is 20.6. The smallest absolute Gasteiger partial charge is 0.217 e. The Hall–Kier alpha value is -2.29. The molecule has 0 aromatic heterocycles. The molecule has 1 amide bonds. The van der Waals surface area contributed by atoms with Crippen LogP contribution in [-0.4, -0.2) is 57.5 Å². The Morgan fingerprint density at radius 2 is 1.72 bits per heavy atom. The van der Waals surface area contributed by atoms with Gasteiger partial charge in [0.2, 0.25) is 5.91 Å². The van der Waals surface area contributed by atoms with Crippen molar-refractivity contribution in [2.24, 2.45) is 0 Å². The minimum absolute atomic E-state index is 0.192. The Morgan fingerprint density at radius 3 is 2.34 bits per heavy atom. The molecule has 0 radical (unpaired) electrons. The van der Waals surface area contributed by atoms with Crippen LogP contribution in [0.4, 0.5) is 0 Å². The molecular weight excluding hydrogens is 374 g/mol. The maximum absolute atomic E-state index is 11.7. The molecular formula is C22H25NO6. The molecule has 0 spiro atoms. The number of ether oxygens (including phenoxy) is 2. The molecule has 1 aliphatic carbocycles. The summed E-state index contributed by atoms with van der Waals surface area (Å²) in [7, 11) is 0. The molecule has 1 saturated carbocycles. The average Bonchev–Trinajstić information content (AvgIpc) is 2.72. The third kappa shape index (κ3) is 3.45. The largest absolute Gasteiger partial charge is 0.390 e. The van der Waals surface area contributed by atoms with Crippen LogP contribution < -0.4 is 5.32 Å². The van der Waals surface area contributed by atoms with Gasteiger partial charge in [-0.25, -0.2) is 0 Å². The van der Waals surface area contributed by atoms with Crippen LogP contribution in [0, 0.1) is 0 Å². The maximum Gasteiger partial charge on any atom is 0.217 e. The second-order valence-electron chi connectivity index (χ2n) is 7.66. The molecule has 1 aliphatic heterocycles. The monoisotopic (exact) mass is 399 g/mol. The summed E-state index contributed by atoms with van der Waals surface area (Å²) in [4.78, 5) is 11.7. The van der Waals surface area contributed by atoms with Crippen LogP contribution in [-0.2, 0) is 20.9 Å². The fourth-order valence-corrected chi connectivity index (χ4v) is 4.39. The first-order valence-corrected chi connectivity index (χ1v) is 9.64. The van der Waals surface area contributed by atoms with Crippen molar-refractivity contribution in [1.82, 2.24) is 5.32 Å². The first-order valence-electron chi connectivity index (χ1n) is 9.64. The number of hydrogen-bond acceptors (Lipinski definition) is 6. The molecule has 29 heavy (non-hydrogen) atoms. The summed E-state index contributed by atoms with van der Waals surface area (Å²) in [6.07, 6.45) is -4.46. The highest BCUT2D eigenvalue weighted by Gasteiger charge is 2.71. The number of carbonyl (C=O) groups excluding carboxylic acids is 1. The van der Waals surface area contributed by atoms with Crippen LogP contribution in [0.25, 0.3) is 0 Å². The van der Waals surface area contributed by atoms with Crippen LogP contribution >= 0.6 is 0 Å². The molecule has 2 aliphatic rings. The van der Waals surface area contributed by atoms with Gasteiger partial charge in [0.25, 0.3) is 0 Å². The zero-order valence-corrected chi connectivity index (χ0v) is 16.0. The molecule has 154 valence electrons. The van der Waals surface area contributed by atoms with Crippen molar-refractivity contribution in [1.29, 1.82) is 0 Å². The fraction of sp³-hybridized carbons (Fsp3) is 0.409. The Labute approximate surface area is 168 Å². The molecule has 4 N–H and O–H groups in total. The van der Waals surface area contributed by atoms with E-state index < -0.39 is 42.2 Å². The average molecular weight is 399 g/mol. The van der Waals surface area contributed by atoms with Crippen molar-refractivity contribution in [2.75, 3.05) is 0 Å². The van der Waals surface area contributed by atoms with Gasteiger partial charge in [0.1, 0.15) is 23.9 Å². The van der Waals surface area contributed by atoms with Crippen molar-refractivity contribution in [2.45, 2.75) is 55.7 Å². The Bertz CT molecular complexity index is 847. The van der Waals surface area contributed by atoms with Crippen LogP contribution in [0.15, 0.2) is 60.7 Å². The van der Waals surface area contributed by atoms with E-state index in [0.29, 0.717) is 5.56 Å². The van der Waals surface area contributed by atoms with Crippen molar-refractivity contribution < 1.29 is 29.6 Å². The highest BCUT2D eigenvalue weighted by molar-refractivity contribution is 5.73. The van der Waals surface area contributed by atoms with Crippen LogP contribution in [0.2, 0.25) is 0 Å². The van der Waals surface area contributed by atoms with E-state index in [0.717, 1.165) is 5.56 Å². The number of nitrogens with one attached hydrogen (secondary N) is 1. The van der Waals surface area contributed by atoms with Gasteiger partial charge in [-0.2, -0.15) is 0 Å². The summed E-state index contributed by atoms with van der Waals surface area (Å²) in [5, 5.41) is 35.7. The van der Waals surface area contributed by atoms with Crippen molar-refractivity contribution in [3.05, 3.63) is 71.8 Å². The van der Waals surface area contributed by atoms with E-state index in [1.54, 1.807) is 24.3 Å². The summed E-state index contributed by atoms with van der Waals surface area (Å²) in [5.74, 6) is -1.13. The molecule has 7 atom stereocenters. The molecule has 7 nitrogen and oxygen atoms in total. The van der Waals surface area contributed by atoms with E-state index in [2.05, 4.69) is 5.32 Å². The zero-order valence-electron chi connectivity index (χ0n) is 16.0. The first-order chi connectivity index (χ1) is 13.9. The third-order valence-electron chi connectivity index (χ3n) is 5.78. The van der Waals surface area contributed by atoms with Gasteiger partial charge in [-0.1, -0.05) is 60.7 Å². The molecule has 2 aromatic rings. The lowest BCUT2D eigenvalue weighted by atomic mass is 9.56. The van der Waals surface area contributed by atoms with Crippen molar-refractivity contribution in [3.8, 4) is 0 Å². The fourth-order valence-electron chi connectivity index (χ4n) is 4.39. The van der Waals surface area contributed by atoms with E-state index in [4.69, 9.17) is 9.47 Å². The lowest BCUT2D eigenvalue weighted by molar-refractivity contribution is -0.369. The van der Waals surface area contributed by atoms with E-state index in [9.17, 15) is 20.1 Å². The highest BCUT2D eigenvalue weighted by Crippen LogP contribution is 2.53. The number of fused-ring (bicyclic) bond motifs is 1. The van der Waals surface area contributed by atoms with Gasteiger partial charge in [0.15, 0.2) is 6.29 Å². The summed E-state index contributed by atoms with van der Waals surface area (Å²) in [6, 6.07) is 17.4. The third-order valence-corrected chi connectivity index (χ3v) is 5.78. The Balaban J connectivity index is 1.58. The summed E-state index contributed by atoms with van der Waals surface area (Å²) >= 11 is 0. The van der Waals surface area contributed by atoms with Crippen LogP contribution in [0.3, 0.4) is 0 Å². The summed E-state index contributed by atoms with van der Waals surface area (Å²) in [6.45, 7) is 1.51. The predicted octanol–water partition coefficient (Wildman–Crippen LogP) is 0.683. The first kappa shape index (κ1) is 20.0. The van der Waals surface area contributed by atoms with Crippen molar-refractivity contribution in [3.63, 3.8) is 0 Å². The number of hydrogen-bond donors (Lipinski definition) is 4. The molecule has 4 rings (SSSR count). The predicted molar refractivity (Wildman–Crippen MR) is 104 cm³/mol. The van der Waals surface area contributed by atoms with Gasteiger partial charge in [0, 0.05) is 12.8 Å². The van der Waals surface area contributed by atoms with Crippen LogP contribution in [0.1, 0.15) is 24.0 Å². The Kier molecular flexibility index (Phi) is 5.42. The molecule has 1 saturated heterocycles. The molecule has 0 bridgehead atoms. The molecule has 2 unspecified atom stereocenters. The van der Waals surface area contributed by atoms with E-state index in [1.165, 1.54) is 6.92 Å². The van der Waals surface area contributed by atoms with E-state index in [-0.39, 0.29) is 12.5 Å². The number of carbonyl (C=O) groups is 1. The minimum Gasteiger partial charge on any atom is -0.390 e. The molecule has 2 aromatic carbocycles. The molecule has 2 fully saturated rings. The number of amides is 1. The number of rotatable bonds is 5. The topological polar surface area (TPSA) is 108 Å². The Morgan fingerprint density at radius 1 is 1.10 bits per heavy atom. The number of aliphatic hydroxyl groups excluding tert-OH is 2. The maximum atomic E-state index is 11.7. The molecule has 7 heteroatoms. The van der Waals surface area contributed by atoms with Gasteiger partial charge in [0.05, 0.1) is 12.7 Å². The second-order valence-corrected chi connectivity index (χ2v) is 7.66. The van der Waals surface area contributed by atoms with E-state index in [1.807, 2.05) is 36.4 Å². The van der Waals surface area contributed by atoms with Gasteiger partial charge in [-0.05, 0) is 11.1 Å². The van der Waals surface area contributed by atoms with Crippen LogP contribution in [0.5, 0.6) is 0 Å². The minimum atomic E-state index is -1.75. The number of benzene rings is 2. The second kappa shape index (κ2) is 7.85. The highest BCUT2D eigenvalue weighted by atomic mass is 16.7.